The zero-order chi connectivity index (χ0) is 18.4. The van der Waals surface area contributed by atoms with Gasteiger partial charge in [-0.1, -0.05) is 84.0 Å². The van der Waals surface area contributed by atoms with Gasteiger partial charge in [0.15, 0.2) is 0 Å². The number of rotatable bonds is 20. The monoisotopic (exact) mass is 356 g/mol. The van der Waals surface area contributed by atoms with Gasteiger partial charge in [-0.15, -0.1) is 0 Å². The van der Waals surface area contributed by atoms with E-state index in [1.165, 1.54) is 89.9 Å². The Bertz CT molecular complexity index is 266. The summed E-state index contributed by atoms with van der Waals surface area (Å²) in [6.45, 7) is 6.48. The lowest BCUT2D eigenvalue weighted by Crippen LogP contribution is -2.03. The molecule has 3 nitrogen and oxygen atoms in total. The number of hydrogen-bond acceptors (Lipinski definition) is 3. The van der Waals surface area contributed by atoms with Crippen LogP contribution >= 0.6 is 0 Å². The van der Waals surface area contributed by atoms with E-state index in [-0.39, 0.29) is 5.97 Å². The van der Waals surface area contributed by atoms with Gasteiger partial charge < -0.3 is 9.47 Å². The topological polar surface area (TPSA) is 35.5 Å². The SMILES string of the molecule is CCCCOCCCCCCCCCCCCCCCC(=O)OCC. The first-order chi connectivity index (χ1) is 12.3. The van der Waals surface area contributed by atoms with Gasteiger partial charge in [0.2, 0.25) is 0 Å². The number of unbranched alkanes of at least 4 members (excludes halogenated alkanes) is 13. The molecule has 0 saturated heterocycles. The van der Waals surface area contributed by atoms with E-state index in [9.17, 15) is 4.79 Å². The van der Waals surface area contributed by atoms with Crippen LogP contribution in [0.15, 0.2) is 0 Å². The highest BCUT2D eigenvalue weighted by Gasteiger charge is 2.00. The molecule has 0 aliphatic rings. The van der Waals surface area contributed by atoms with E-state index in [4.69, 9.17) is 9.47 Å². The summed E-state index contributed by atoms with van der Waals surface area (Å²) in [5.74, 6) is -0.0356. The molecule has 0 fully saturated rings. The van der Waals surface area contributed by atoms with E-state index < -0.39 is 0 Å². The number of carbonyl (C=O) groups is 1. The Morgan fingerprint density at radius 1 is 0.600 bits per heavy atom. The van der Waals surface area contributed by atoms with Crippen molar-refractivity contribution in [2.24, 2.45) is 0 Å². The average Bonchev–Trinajstić information content (AvgIpc) is 2.61. The normalized spacial score (nSPS) is 11.0. The highest BCUT2D eigenvalue weighted by molar-refractivity contribution is 5.69. The molecule has 0 aromatic carbocycles. The van der Waals surface area contributed by atoms with E-state index in [1.54, 1.807) is 0 Å². The predicted molar refractivity (Wildman–Crippen MR) is 107 cm³/mol. The zero-order valence-corrected chi connectivity index (χ0v) is 17.2. The van der Waals surface area contributed by atoms with Crippen molar-refractivity contribution in [3.8, 4) is 0 Å². The zero-order valence-electron chi connectivity index (χ0n) is 17.2. The summed E-state index contributed by atoms with van der Waals surface area (Å²) in [7, 11) is 0. The van der Waals surface area contributed by atoms with E-state index in [0.29, 0.717) is 13.0 Å². The summed E-state index contributed by atoms with van der Waals surface area (Å²) in [4.78, 5) is 11.2. The van der Waals surface area contributed by atoms with Gasteiger partial charge in [-0.2, -0.15) is 0 Å². The highest BCUT2D eigenvalue weighted by atomic mass is 16.5. The standard InChI is InChI=1S/C22H44O3/c1-3-5-20-24-21-18-16-14-12-10-8-6-7-9-11-13-15-17-19-22(23)25-4-2/h3-21H2,1-2H3. The van der Waals surface area contributed by atoms with Gasteiger partial charge in [-0.3, -0.25) is 4.79 Å². The summed E-state index contributed by atoms with van der Waals surface area (Å²) in [5.41, 5.74) is 0. The Balaban J connectivity index is 3.02. The highest BCUT2D eigenvalue weighted by Crippen LogP contribution is 2.13. The molecule has 0 rings (SSSR count). The molecule has 25 heavy (non-hydrogen) atoms. The minimum Gasteiger partial charge on any atom is -0.466 e. The smallest absolute Gasteiger partial charge is 0.305 e. The fraction of sp³-hybridized carbons (Fsp3) is 0.955. The third-order valence-corrected chi connectivity index (χ3v) is 4.62. The minimum absolute atomic E-state index is 0.0356. The van der Waals surface area contributed by atoms with Crippen LogP contribution in [0.3, 0.4) is 0 Å². The Morgan fingerprint density at radius 2 is 1.04 bits per heavy atom. The Morgan fingerprint density at radius 3 is 1.52 bits per heavy atom. The van der Waals surface area contributed by atoms with Crippen LogP contribution in [-0.2, 0) is 14.3 Å². The predicted octanol–water partition coefficient (Wildman–Crippen LogP) is 6.83. The first-order valence-corrected chi connectivity index (χ1v) is 11.0. The fourth-order valence-electron chi connectivity index (χ4n) is 3.00. The molecule has 150 valence electrons. The summed E-state index contributed by atoms with van der Waals surface area (Å²) < 4.78 is 10.5. The van der Waals surface area contributed by atoms with Crippen molar-refractivity contribution in [2.45, 2.75) is 117 Å². The van der Waals surface area contributed by atoms with Crippen molar-refractivity contribution in [1.29, 1.82) is 0 Å². The van der Waals surface area contributed by atoms with E-state index in [0.717, 1.165) is 19.6 Å². The molecule has 0 N–H and O–H groups in total. The molecule has 0 atom stereocenters. The second-order valence-electron chi connectivity index (χ2n) is 7.12. The van der Waals surface area contributed by atoms with E-state index in [1.807, 2.05) is 6.92 Å². The molecule has 0 aromatic heterocycles. The van der Waals surface area contributed by atoms with Crippen molar-refractivity contribution in [2.75, 3.05) is 19.8 Å². The molecule has 0 bridgehead atoms. The first-order valence-electron chi connectivity index (χ1n) is 11.0. The first kappa shape index (κ1) is 24.4. The minimum atomic E-state index is -0.0356. The fourth-order valence-corrected chi connectivity index (χ4v) is 3.00. The molecule has 0 saturated carbocycles. The van der Waals surface area contributed by atoms with Crippen molar-refractivity contribution >= 4 is 5.97 Å². The average molecular weight is 357 g/mol. The van der Waals surface area contributed by atoms with Crippen molar-refractivity contribution in [3.63, 3.8) is 0 Å². The van der Waals surface area contributed by atoms with Crippen LogP contribution in [0.5, 0.6) is 0 Å². The molecule has 0 aromatic rings. The quantitative estimate of drug-likeness (QED) is 0.177. The van der Waals surface area contributed by atoms with Gasteiger partial charge >= 0.3 is 5.97 Å². The van der Waals surface area contributed by atoms with Crippen molar-refractivity contribution < 1.29 is 14.3 Å². The lowest BCUT2D eigenvalue weighted by Gasteiger charge is -2.04. The van der Waals surface area contributed by atoms with Crippen LogP contribution < -0.4 is 0 Å². The van der Waals surface area contributed by atoms with Crippen molar-refractivity contribution in [1.82, 2.24) is 0 Å². The maximum absolute atomic E-state index is 11.2. The Labute approximate surface area is 157 Å². The van der Waals surface area contributed by atoms with Crippen LogP contribution in [0.4, 0.5) is 0 Å². The molecule has 0 spiro atoms. The second-order valence-corrected chi connectivity index (χ2v) is 7.12. The van der Waals surface area contributed by atoms with E-state index in [2.05, 4.69) is 6.92 Å². The lowest BCUT2D eigenvalue weighted by molar-refractivity contribution is -0.143. The summed E-state index contributed by atoms with van der Waals surface area (Å²) in [6.07, 6.45) is 20.0. The van der Waals surface area contributed by atoms with Crippen LogP contribution in [0.1, 0.15) is 117 Å². The number of carbonyl (C=O) groups excluding carboxylic acids is 1. The van der Waals surface area contributed by atoms with Gasteiger partial charge in [0, 0.05) is 19.6 Å². The lowest BCUT2D eigenvalue weighted by atomic mass is 10.0. The van der Waals surface area contributed by atoms with Crippen LogP contribution in [0.25, 0.3) is 0 Å². The third kappa shape index (κ3) is 21.4. The molecule has 3 heteroatoms. The molecule has 0 unspecified atom stereocenters. The Hall–Kier alpha value is -0.570. The Kier molecular flexibility index (Phi) is 21.0. The van der Waals surface area contributed by atoms with Crippen molar-refractivity contribution in [3.05, 3.63) is 0 Å². The van der Waals surface area contributed by atoms with Gasteiger partial charge in [0.05, 0.1) is 6.61 Å². The molecular formula is C22H44O3. The number of ether oxygens (including phenoxy) is 2. The van der Waals surface area contributed by atoms with Gasteiger partial charge in [-0.05, 0) is 26.2 Å². The molecule has 0 radical (unpaired) electrons. The van der Waals surface area contributed by atoms with Gasteiger partial charge in [0.25, 0.3) is 0 Å². The summed E-state index contributed by atoms with van der Waals surface area (Å²) in [6, 6.07) is 0. The maximum Gasteiger partial charge on any atom is 0.305 e. The van der Waals surface area contributed by atoms with Gasteiger partial charge in [-0.25, -0.2) is 0 Å². The number of hydrogen-bond donors (Lipinski definition) is 0. The van der Waals surface area contributed by atoms with Gasteiger partial charge in [0.1, 0.15) is 0 Å². The second kappa shape index (κ2) is 21.5. The molecule has 0 aliphatic heterocycles. The third-order valence-electron chi connectivity index (χ3n) is 4.62. The molecule has 0 heterocycles. The maximum atomic E-state index is 11.2. The largest absolute Gasteiger partial charge is 0.466 e. The van der Waals surface area contributed by atoms with Crippen LogP contribution in [-0.4, -0.2) is 25.8 Å². The molecular weight excluding hydrogens is 312 g/mol. The van der Waals surface area contributed by atoms with E-state index >= 15 is 0 Å². The van der Waals surface area contributed by atoms with Crippen LogP contribution in [0.2, 0.25) is 0 Å². The summed E-state index contributed by atoms with van der Waals surface area (Å²) in [5, 5.41) is 0. The van der Waals surface area contributed by atoms with Crippen LogP contribution in [0, 0.1) is 0 Å². The summed E-state index contributed by atoms with van der Waals surface area (Å²) >= 11 is 0. The molecule has 0 aliphatic carbocycles. The number of esters is 1. The molecule has 0 amide bonds.